The molecule has 2 N–H and O–H groups in total. The van der Waals surface area contributed by atoms with E-state index >= 15 is 0 Å². The molecule has 0 fully saturated rings. The molecule has 0 atom stereocenters. The Labute approximate surface area is 146 Å². The van der Waals surface area contributed by atoms with Gasteiger partial charge in [0.25, 0.3) is 5.91 Å². The molecule has 0 saturated carbocycles. The molecule has 0 saturated heterocycles. The van der Waals surface area contributed by atoms with Crippen LogP contribution in [0.2, 0.25) is 0 Å². The van der Waals surface area contributed by atoms with E-state index in [1.54, 1.807) is 30.1 Å². The van der Waals surface area contributed by atoms with Crippen molar-refractivity contribution in [1.82, 2.24) is 15.1 Å². The molecule has 1 heterocycles. The molecule has 0 bridgehead atoms. The lowest BCUT2D eigenvalue weighted by atomic mass is 10.1. The summed E-state index contributed by atoms with van der Waals surface area (Å²) < 4.78 is 6.74. The molecule has 0 radical (unpaired) electrons. The van der Waals surface area contributed by atoms with Gasteiger partial charge in [0.1, 0.15) is 5.75 Å². The van der Waals surface area contributed by atoms with Crippen LogP contribution in [0.15, 0.2) is 30.5 Å². The number of aryl methyl sites for hydroxylation is 1. The van der Waals surface area contributed by atoms with E-state index in [0.29, 0.717) is 24.3 Å². The first-order chi connectivity index (χ1) is 11.9. The van der Waals surface area contributed by atoms with Crippen LogP contribution >= 0.6 is 0 Å². The number of nitrogens with zero attached hydrogens (tertiary/aromatic N) is 2. The van der Waals surface area contributed by atoms with Crippen LogP contribution in [0.25, 0.3) is 0 Å². The molecule has 0 aliphatic heterocycles. The van der Waals surface area contributed by atoms with Crippen molar-refractivity contribution in [2.45, 2.75) is 26.2 Å². The van der Waals surface area contributed by atoms with E-state index in [9.17, 15) is 9.59 Å². The quantitative estimate of drug-likeness (QED) is 0.763. The monoisotopic (exact) mass is 345 g/mol. The number of carboxylic acid groups (broad SMARTS) is 1. The highest BCUT2D eigenvalue weighted by Crippen LogP contribution is 2.17. The lowest BCUT2D eigenvalue weighted by Crippen LogP contribution is -2.26. The Morgan fingerprint density at radius 3 is 2.56 bits per heavy atom. The van der Waals surface area contributed by atoms with E-state index in [1.165, 1.54) is 0 Å². The Kier molecular flexibility index (Phi) is 6.16. The third-order valence-electron chi connectivity index (χ3n) is 3.63. The second-order valence-corrected chi connectivity index (χ2v) is 6.09. The molecular weight excluding hydrogens is 322 g/mol. The number of hydrogen-bond acceptors (Lipinski definition) is 4. The van der Waals surface area contributed by atoms with E-state index < -0.39 is 5.97 Å². The van der Waals surface area contributed by atoms with Gasteiger partial charge in [-0.2, -0.15) is 5.10 Å². The van der Waals surface area contributed by atoms with Gasteiger partial charge in [0, 0.05) is 19.8 Å². The van der Waals surface area contributed by atoms with Crippen molar-refractivity contribution >= 4 is 11.9 Å². The van der Waals surface area contributed by atoms with Crippen LogP contribution in [0, 0.1) is 0 Å². The summed E-state index contributed by atoms with van der Waals surface area (Å²) in [7, 11) is 1.80. The van der Waals surface area contributed by atoms with Gasteiger partial charge in [-0.3, -0.25) is 9.48 Å². The van der Waals surface area contributed by atoms with E-state index in [4.69, 9.17) is 9.84 Å². The standard InChI is InChI=1S/C18H23N3O4/c1-12(2)17-15(10-21(3)20-17)18(24)19-9-8-13-4-6-14(7-5-13)25-11-16(22)23/h4-7,10,12H,8-9,11H2,1-3H3,(H,19,24)(H,22,23). The number of nitrogens with one attached hydrogen (secondary N) is 1. The SMILES string of the molecule is CC(C)c1nn(C)cc1C(=O)NCCc1ccc(OCC(=O)O)cc1. The van der Waals surface area contributed by atoms with Crippen molar-refractivity contribution in [1.29, 1.82) is 0 Å². The first kappa shape index (κ1) is 18.5. The largest absolute Gasteiger partial charge is 0.482 e. The third kappa shape index (κ3) is 5.34. The zero-order valence-electron chi connectivity index (χ0n) is 14.7. The highest BCUT2D eigenvalue weighted by atomic mass is 16.5. The Morgan fingerprint density at radius 1 is 1.28 bits per heavy atom. The molecule has 1 aromatic heterocycles. The fourth-order valence-corrected chi connectivity index (χ4v) is 2.42. The maximum atomic E-state index is 12.3. The Bertz CT molecular complexity index is 735. The van der Waals surface area contributed by atoms with Crippen LogP contribution in [0.3, 0.4) is 0 Å². The fourth-order valence-electron chi connectivity index (χ4n) is 2.42. The summed E-state index contributed by atoms with van der Waals surface area (Å²) in [6, 6.07) is 7.15. The molecule has 0 unspecified atom stereocenters. The van der Waals surface area contributed by atoms with Crippen molar-refractivity contribution in [3.63, 3.8) is 0 Å². The smallest absolute Gasteiger partial charge is 0.341 e. The molecule has 7 nitrogen and oxygen atoms in total. The zero-order valence-corrected chi connectivity index (χ0v) is 14.7. The lowest BCUT2D eigenvalue weighted by Gasteiger charge is -2.08. The van der Waals surface area contributed by atoms with Crippen molar-refractivity contribution in [2.24, 2.45) is 7.05 Å². The molecule has 7 heteroatoms. The summed E-state index contributed by atoms with van der Waals surface area (Å²) in [6.45, 7) is 4.15. The number of ether oxygens (including phenoxy) is 1. The minimum Gasteiger partial charge on any atom is -0.482 e. The zero-order chi connectivity index (χ0) is 18.4. The Balaban J connectivity index is 1.86. The molecule has 2 aromatic rings. The maximum absolute atomic E-state index is 12.3. The maximum Gasteiger partial charge on any atom is 0.341 e. The number of benzene rings is 1. The summed E-state index contributed by atoms with van der Waals surface area (Å²) in [5.41, 5.74) is 2.42. The summed E-state index contributed by atoms with van der Waals surface area (Å²) >= 11 is 0. The van der Waals surface area contributed by atoms with Crippen LogP contribution in [-0.4, -0.2) is 39.9 Å². The molecule has 25 heavy (non-hydrogen) atoms. The molecule has 1 aromatic carbocycles. The molecule has 134 valence electrons. The van der Waals surface area contributed by atoms with E-state index in [2.05, 4.69) is 10.4 Å². The highest BCUT2D eigenvalue weighted by molar-refractivity contribution is 5.95. The number of aliphatic carboxylic acids is 1. The molecule has 0 spiro atoms. The Hall–Kier alpha value is -2.83. The molecule has 0 aliphatic rings. The van der Waals surface area contributed by atoms with Crippen molar-refractivity contribution in [3.05, 3.63) is 47.3 Å². The van der Waals surface area contributed by atoms with Crippen LogP contribution in [-0.2, 0) is 18.3 Å². The van der Waals surface area contributed by atoms with Gasteiger partial charge < -0.3 is 15.2 Å². The summed E-state index contributed by atoms with van der Waals surface area (Å²) in [4.78, 5) is 22.8. The van der Waals surface area contributed by atoms with Gasteiger partial charge in [-0.1, -0.05) is 26.0 Å². The van der Waals surface area contributed by atoms with E-state index in [0.717, 1.165) is 11.3 Å². The molecular formula is C18H23N3O4. The van der Waals surface area contributed by atoms with Gasteiger partial charge in [-0.05, 0) is 30.0 Å². The van der Waals surface area contributed by atoms with Crippen molar-refractivity contribution < 1.29 is 19.4 Å². The average molecular weight is 345 g/mol. The first-order valence-corrected chi connectivity index (χ1v) is 8.12. The lowest BCUT2D eigenvalue weighted by molar-refractivity contribution is -0.139. The Morgan fingerprint density at radius 2 is 1.96 bits per heavy atom. The van der Waals surface area contributed by atoms with Crippen molar-refractivity contribution in [2.75, 3.05) is 13.2 Å². The number of aromatic nitrogens is 2. The minimum atomic E-state index is -1.01. The van der Waals surface area contributed by atoms with Crippen LogP contribution in [0.4, 0.5) is 0 Å². The highest BCUT2D eigenvalue weighted by Gasteiger charge is 2.17. The van der Waals surface area contributed by atoms with Crippen molar-refractivity contribution in [3.8, 4) is 5.75 Å². The number of hydrogen-bond donors (Lipinski definition) is 2. The first-order valence-electron chi connectivity index (χ1n) is 8.12. The minimum absolute atomic E-state index is 0.127. The predicted molar refractivity (Wildman–Crippen MR) is 92.9 cm³/mol. The van der Waals surface area contributed by atoms with Gasteiger partial charge in [-0.25, -0.2) is 4.79 Å². The number of carboxylic acids is 1. The van der Waals surface area contributed by atoms with Gasteiger partial charge in [0.15, 0.2) is 6.61 Å². The van der Waals surface area contributed by atoms with Crippen LogP contribution in [0.5, 0.6) is 5.75 Å². The van der Waals surface area contributed by atoms with Gasteiger partial charge in [0.2, 0.25) is 0 Å². The second-order valence-electron chi connectivity index (χ2n) is 6.09. The third-order valence-corrected chi connectivity index (χ3v) is 3.63. The van der Waals surface area contributed by atoms with Gasteiger partial charge in [-0.15, -0.1) is 0 Å². The molecule has 1 amide bonds. The fraction of sp³-hybridized carbons (Fsp3) is 0.389. The average Bonchev–Trinajstić information content (AvgIpc) is 2.96. The number of carbonyl (C=O) groups excluding carboxylic acids is 1. The normalized spacial score (nSPS) is 10.7. The van der Waals surface area contributed by atoms with Gasteiger partial charge >= 0.3 is 5.97 Å². The molecule has 0 aliphatic carbocycles. The topological polar surface area (TPSA) is 93.5 Å². The summed E-state index contributed by atoms with van der Waals surface area (Å²) in [5.74, 6) is -0.450. The molecule has 2 rings (SSSR count). The van der Waals surface area contributed by atoms with E-state index in [1.807, 2.05) is 26.0 Å². The summed E-state index contributed by atoms with van der Waals surface area (Å²) in [6.07, 6.45) is 2.40. The summed E-state index contributed by atoms with van der Waals surface area (Å²) in [5, 5.41) is 15.8. The number of carbonyl (C=O) groups is 2. The van der Waals surface area contributed by atoms with Crippen LogP contribution in [0.1, 0.15) is 41.4 Å². The number of rotatable bonds is 8. The van der Waals surface area contributed by atoms with Crippen LogP contribution < -0.4 is 10.1 Å². The predicted octanol–water partition coefficient (Wildman–Crippen LogP) is 1.98. The van der Waals surface area contributed by atoms with E-state index in [-0.39, 0.29) is 18.4 Å². The number of amides is 1. The van der Waals surface area contributed by atoms with Gasteiger partial charge in [0.05, 0.1) is 11.3 Å². The second kappa shape index (κ2) is 8.32.